The maximum atomic E-state index is 5.50. The van der Waals surface area contributed by atoms with Crippen LogP contribution >= 0.6 is 0 Å². The van der Waals surface area contributed by atoms with Gasteiger partial charge in [0.15, 0.2) is 5.96 Å². The van der Waals surface area contributed by atoms with Crippen molar-refractivity contribution in [3.05, 3.63) is 35.4 Å². The fourth-order valence-electron chi connectivity index (χ4n) is 5.14. The lowest BCUT2D eigenvalue weighted by molar-refractivity contribution is 0.0195. The van der Waals surface area contributed by atoms with E-state index in [1.165, 1.54) is 43.5 Å². The lowest BCUT2D eigenvalue weighted by atomic mass is 9.99. The Hall–Kier alpha value is -1.63. The highest BCUT2D eigenvalue weighted by Gasteiger charge is 2.30. The molecule has 0 amide bonds. The predicted molar refractivity (Wildman–Crippen MR) is 123 cm³/mol. The summed E-state index contributed by atoms with van der Waals surface area (Å²) >= 11 is 0. The zero-order valence-electron chi connectivity index (χ0n) is 18.9. The lowest BCUT2D eigenvalue weighted by Gasteiger charge is -2.32. The Morgan fingerprint density at radius 1 is 1.03 bits per heavy atom. The molecule has 2 unspecified atom stereocenters. The van der Waals surface area contributed by atoms with Crippen LogP contribution in [0.1, 0.15) is 37.3 Å². The van der Waals surface area contributed by atoms with Crippen LogP contribution in [0.4, 0.5) is 0 Å². The van der Waals surface area contributed by atoms with E-state index in [1.807, 2.05) is 7.05 Å². The van der Waals surface area contributed by atoms with E-state index in [9.17, 15) is 0 Å². The van der Waals surface area contributed by atoms with E-state index in [1.54, 1.807) is 0 Å². The van der Waals surface area contributed by atoms with Crippen molar-refractivity contribution < 1.29 is 4.74 Å². The van der Waals surface area contributed by atoms with Gasteiger partial charge in [0.1, 0.15) is 0 Å². The Morgan fingerprint density at radius 2 is 1.80 bits per heavy atom. The standard InChI is InChI=1S/C24H39N5O/c1-20-4-3-10-27(17-20)18-22-7-5-21(6-8-22)16-26-24(25-2)29-11-9-23(19-29)28-12-14-30-15-13-28/h5-8,20,23H,3-4,9-19H2,1-2H3,(H,25,26). The molecule has 1 N–H and O–H groups in total. The monoisotopic (exact) mass is 413 g/mol. The van der Waals surface area contributed by atoms with Gasteiger partial charge < -0.3 is 15.0 Å². The molecule has 30 heavy (non-hydrogen) atoms. The number of ether oxygens (including phenoxy) is 1. The van der Waals surface area contributed by atoms with Crippen LogP contribution in [0.5, 0.6) is 0 Å². The molecule has 0 radical (unpaired) electrons. The first kappa shape index (κ1) is 21.6. The van der Waals surface area contributed by atoms with Gasteiger partial charge in [0.25, 0.3) is 0 Å². The number of piperidine rings is 1. The number of aliphatic imine (C=N–C) groups is 1. The smallest absolute Gasteiger partial charge is 0.193 e. The summed E-state index contributed by atoms with van der Waals surface area (Å²) in [6.45, 7) is 12.8. The lowest BCUT2D eigenvalue weighted by Crippen LogP contribution is -2.46. The van der Waals surface area contributed by atoms with E-state index in [4.69, 9.17) is 4.74 Å². The van der Waals surface area contributed by atoms with Crippen molar-refractivity contribution in [3.63, 3.8) is 0 Å². The Balaban J connectivity index is 1.24. The number of likely N-dealkylation sites (tertiary alicyclic amines) is 2. The number of guanidine groups is 1. The SMILES string of the molecule is CN=C(NCc1ccc(CN2CCCC(C)C2)cc1)N1CCC(N2CCOCC2)C1. The van der Waals surface area contributed by atoms with Crippen LogP contribution in [0.15, 0.2) is 29.3 Å². The van der Waals surface area contributed by atoms with Gasteiger partial charge in [-0.25, -0.2) is 0 Å². The Kier molecular flexibility index (Phi) is 7.63. The molecule has 0 bridgehead atoms. The molecule has 166 valence electrons. The highest BCUT2D eigenvalue weighted by Crippen LogP contribution is 2.19. The number of morpholine rings is 1. The predicted octanol–water partition coefficient (Wildman–Crippen LogP) is 2.40. The molecule has 3 aliphatic rings. The molecule has 0 saturated carbocycles. The van der Waals surface area contributed by atoms with E-state index in [2.05, 4.69) is 56.2 Å². The van der Waals surface area contributed by atoms with Gasteiger partial charge in [-0.2, -0.15) is 0 Å². The van der Waals surface area contributed by atoms with Crippen LogP contribution in [-0.2, 0) is 17.8 Å². The van der Waals surface area contributed by atoms with Crippen molar-refractivity contribution >= 4 is 5.96 Å². The summed E-state index contributed by atoms with van der Waals surface area (Å²) in [5.41, 5.74) is 2.74. The maximum absolute atomic E-state index is 5.50. The average molecular weight is 414 g/mol. The quantitative estimate of drug-likeness (QED) is 0.593. The van der Waals surface area contributed by atoms with E-state index in [0.29, 0.717) is 6.04 Å². The van der Waals surface area contributed by atoms with Crippen molar-refractivity contribution in [2.24, 2.45) is 10.9 Å². The molecule has 6 heteroatoms. The highest BCUT2D eigenvalue weighted by atomic mass is 16.5. The molecule has 3 heterocycles. The summed E-state index contributed by atoms with van der Waals surface area (Å²) in [5, 5.41) is 3.58. The number of nitrogens with one attached hydrogen (secondary N) is 1. The van der Waals surface area contributed by atoms with Crippen LogP contribution in [0, 0.1) is 5.92 Å². The minimum atomic E-state index is 0.629. The molecule has 0 aliphatic carbocycles. The molecule has 3 fully saturated rings. The van der Waals surface area contributed by atoms with E-state index < -0.39 is 0 Å². The van der Waals surface area contributed by atoms with Crippen LogP contribution in [0.25, 0.3) is 0 Å². The van der Waals surface area contributed by atoms with Crippen LogP contribution in [0.3, 0.4) is 0 Å². The highest BCUT2D eigenvalue weighted by molar-refractivity contribution is 5.80. The molecule has 1 aromatic rings. The number of nitrogens with zero attached hydrogens (tertiary/aromatic N) is 4. The van der Waals surface area contributed by atoms with E-state index >= 15 is 0 Å². The third-order valence-electron chi connectivity index (χ3n) is 6.86. The zero-order chi connectivity index (χ0) is 20.8. The van der Waals surface area contributed by atoms with Gasteiger partial charge in [0.2, 0.25) is 0 Å². The van der Waals surface area contributed by atoms with Gasteiger partial charge in [-0.05, 0) is 42.9 Å². The Morgan fingerprint density at radius 3 is 2.53 bits per heavy atom. The minimum absolute atomic E-state index is 0.629. The fraction of sp³-hybridized carbons (Fsp3) is 0.708. The third kappa shape index (κ3) is 5.74. The molecule has 2 atom stereocenters. The van der Waals surface area contributed by atoms with Crippen molar-refractivity contribution in [1.29, 1.82) is 0 Å². The Bertz CT molecular complexity index is 685. The summed E-state index contributed by atoms with van der Waals surface area (Å²) in [4.78, 5) is 12.1. The van der Waals surface area contributed by atoms with Crippen molar-refractivity contribution in [3.8, 4) is 0 Å². The summed E-state index contributed by atoms with van der Waals surface area (Å²) in [5.74, 6) is 1.86. The molecule has 0 aromatic heterocycles. The molecule has 3 aliphatic heterocycles. The molecule has 1 aromatic carbocycles. The normalized spacial score (nSPS) is 26.9. The molecular formula is C24H39N5O. The summed E-state index contributed by atoms with van der Waals surface area (Å²) in [7, 11) is 1.90. The van der Waals surface area contributed by atoms with Crippen molar-refractivity contribution in [1.82, 2.24) is 20.0 Å². The van der Waals surface area contributed by atoms with Gasteiger partial charge in [-0.15, -0.1) is 0 Å². The second-order valence-corrected chi connectivity index (χ2v) is 9.24. The van der Waals surface area contributed by atoms with Crippen molar-refractivity contribution in [2.45, 2.75) is 45.3 Å². The third-order valence-corrected chi connectivity index (χ3v) is 6.86. The largest absolute Gasteiger partial charge is 0.379 e. The second-order valence-electron chi connectivity index (χ2n) is 9.24. The first-order valence-electron chi connectivity index (χ1n) is 11.8. The molecular weight excluding hydrogens is 374 g/mol. The summed E-state index contributed by atoms with van der Waals surface area (Å²) in [6, 6.07) is 9.75. The van der Waals surface area contributed by atoms with Gasteiger partial charge in [0.05, 0.1) is 13.2 Å². The zero-order valence-corrected chi connectivity index (χ0v) is 18.9. The Labute approximate surface area is 182 Å². The second kappa shape index (κ2) is 10.6. The van der Waals surface area contributed by atoms with Gasteiger partial charge >= 0.3 is 0 Å². The molecule has 3 saturated heterocycles. The number of rotatable bonds is 5. The maximum Gasteiger partial charge on any atom is 0.193 e. The van der Waals surface area contributed by atoms with Crippen LogP contribution in [-0.4, -0.2) is 86.2 Å². The number of hydrogen-bond acceptors (Lipinski definition) is 4. The van der Waals surface area contributed by atoms with Gasteiger partial charge in [0, 0.05) is 58.9 Å². The van der Waals surface area contributed by atoms with Gasteiger partial charge in [-0.1, -0.05) is 31.2 Å². The minimum Gasteiger partial charge on any atom is -0.379 e. The van der Waals surface area contributed by atoms with Gasteiger partial charge in [-0.3, -0.25) is 14.8 Å². The van der Waals surface area contributed by atoms with Crippen LogP contribution in [0.2, 0.25) is 0 Å². The summed E-state index contributed by atoms with van der Waals surface area (Å²) < 4.78 is 5.50. The molecule has 4 rings (SSSR count). The van der Waals surface area contributed by atoms with E-state index in [-0.39, 0.29) is 0 Å². The topological polar surface area (TPSA) is 43.3 Å². The number of benzene rings is 1. The number of hydrogen-bond donors (Lipinski definition) is 1. The first-order chi connectivity index (χ1) is 14.7. The van der Waals surface area contributed by atoms with E-state index in [0.717, 1.165) is 64.4 Å². The molecule has 0 spiro atoms. The van der Waals surface area contributed by atoms with Crippen LogP contribution < -0.4 is 5.32 Å². The molecule has 6 nitrogen and oxygen atoms in total. The average Bonchev–Trinajstić information content (AvgIpc) is 3.26. The van der Waals surface area contributed by atoms with Crippen molar-refractivity contribution in [2.75, 3.05) is 59.5 Å². The first-order valence-corrected chi connectivity index (χ1v) is 11.8. The fourth-order valence-corrected chi connectivity index (χ4v) is 5.14. The summed E-state index contributed by atoms with van der Waals surface area (Å²) in [6.07, 6.45) is 3.93.